The number of rotatable bonds is 8. The fourth-order valence-electron chi connectivity index (χ4n) is 3.81. The minimum absolute atomic E-state index is 0.105. The molecule has 0 amide bonds. The Hall–Kier alpha value is -2.61. The number of sulfone groups is 1. The highest BCUT2D eigenvalue weighted by molar-refractivity contribution is 7.91. The SMILES string of the molecule is CCOc1cc(C=O)ccc1OCC(=O)c1cc(C)n([C@@H]2CCS(=O)(=O)C2)c1C. The van der Waals surface area contributed by atoms with Crippen LogP contribution >= 0.6 is 0 Å². The van der Waals surface area contributed by atoms with Gasteiger partial charge in [0, 0.05) is 28.6 Å². The first-order valence-electron chi connectivity index (χ1n) is 9.52. The quantitative estimate of drug-likeness (QED) is 0.483. The Labute approximate surface area is 170 Å². The summed E-state index contributed by atoms with van der Waals surface area (Å²) >= 11 is 0. The van der Waals surface area contributed by atoms with E-state index in [2.05, 4.69) is 0 Å². The minimum Gasteiger partial charge on any atom is -0.490 e. The topological polar surface area (TPSA) is 91.7 Å². The molecule has 0 radical (unpaired) electrons. The van der Waals surface area contributed by atoms with E-state index in [-0.39, 0.29) is 29.9 Å². The number of aromatic nitrogens is 1. The fourth-order valence-corrected chi connectivity index (χ4v) is 5.51. The third-order valence-electron chi connectivity index (χ3n) is 5.12. The molecule has 0 saturated carbocycles. The van der Waals surface area contributed by atoms with Gasteiger partial charge in [0.05, 0.1) is 18.1 Å². The van der Waals surface area contributed by atoms with E-state index in [4.69, 9.17) is 9.47 Å². The highest BCUT2D eigenvalue weighted by atomic mass is 32.2. The van der Waals surface area contributed by atoms with Gasteiger partial charge in [-0.05, 0) is 51.5 Å². The van der Waals surface area contributed by atoms with Crippen LogP contribution in [0.2, 0.25) is 0 Å². The largest absolute Gasteiger partial charge is 0.490 e. The van der Waals surface area contributed by atoms with E-state index < -0.39 is 9.84 Å². The summed E-state index contributed by atoms with van der Waals surface area (Å²) in [5.41, 5.74) is 2.59. The predicted molar refractivity (Wildman–Crippen MR) is 109 cm³/mol. The molecule has 0 aliphatic carbocycles. The van der Waals surface area contributed by atoms with Crippen molar-refractivity contribution in [3.05, 3.63) is 46.8 Å². The number of carbonyl (C=O) groups excluding carboxylic acids is 2. The molecule has 1 atom stereocenters. The summed E-state index contributed by atoms with van der Waals surface area (Å²) in [6.07, 6.45) is 1.28. The van der Waals surface area contributed by atoms with Crippen molar-refractivity contribution >= 4 is 21.9 Å². The van der Waals surface area contributed by atoms with E-state index >= 15 is 0 Å². The molecule has 1 aromatic carbocycles. The maximum atomic E-state index is 12.8. The Morgan fingerprint density at radius 1 is 1.21 bits per heavy atom. The van der Waals surface area contributed by atoms with Gasteiger partial charge in [-0.2, -0.15) is 0 Å². The highest BCUT2D eigenvalue weighted by Crippen LogP contribution is 2.30. The molecule has 29 heavy (non-hydrogen) atoms. The lowest BCUT2D eigenvalue weighted by atomic mass is 10.1. The van der Waals surface area contributed by atoms with E-state index in [1.54, 1.807) is 24.3 Å². The molecule has 0 spiro atoms. The van der Waals surface area contributed by atoms with Crippen LogP contribution in [0.15, 0.2) is 24.3 Å². The molecule has 2 heterocycles. The maximum Gasteiger partial charge on any atom is 0.202 e. The Morgan fingerprint density at radius 2 is 1.97 bits per heavy atom. The van der Waals surface area contributed by atoms with Crippen LogP contribution in [0.4, 0.5) is 0 Å². The molecule has 0 N–H and O–H groups in total. The molecule has 156 valence electrons. The van der Waals surface area contributed by atoms with Gasteiger partial charge in [-0.1, -0.05) is 0 Å². The summed E-state index contributed by atoms with van der Waals surface area (Å²) in [5.74, 6) is 0.881. The van der Waals surface area contributed by atoms with Crippen molar-refractivity contribution in [2.45, 2.75) is 33.2 Å². The standard InChI is InChI=1S/C21H25NO6S/c1-4-27-21-10-16(11-23)5-6-20(21)28-12-19(24)18-9-14(2)22(15(18)3)17-7-8-29(25,26)13-17/h5-6,9-11,17H,4,7-8,12-13H2,1-3H3/t17-/m1/s1. The molecule has 1 fully saturated rings. The predicted octanol–water partition coefficient (Wildman–Crippen LogP) is 2.94. The zero-order valence-corrected chi connectivity index (χ0v) is 17.6. The van der Waals surface area contributed by atoms with Crippen molar-refractivity contribution < 1.29 is 27.5 Å². The summed E-state index contributed by atoms with van der Waals surface area (Å²) in [6, 6.07) is 6.42. The number of nitrogens with zero attached hydrogens (tertiary/aromatic N) is 1. The first kappa shape index (κ1) is 21.1. The highest BCUT2D eigenvalue weighted by Gasteiger charge is 2.31. The van der Waals surface area contributed by atoms with Gasteiger partial charge in [0.15, 0.2) is 27.9 Å². The van der Waals surface area contributed by atoms with Crippen molar-refractivity contribution in [3.63, 3.8) is 0 Å². The second kappa shape index (κ2) is 8.41. The Bertz CT molecular complexity index is 1040. The lowest BCUT2D eigenvalue weighted by molar-refractivity contribution is 0.0917. The van der Waals surface area contributed by atoms with E-state index in [0.29, 0.717) is 35.7 Å². The van der Waals surface area contributed by atoms with Crippen molar-refractivity contribution in [3.8, 4) is 11.5 Å². The van der Waals surface area contributed by atoms with Crippen LogP contribution in [0.25, 0.3) is 0 Å². The Balaban J connectivity index is 1.77. The first-order chi connectivity index (χ1) is 13.8. The average molecular weight is 419 g/mol. The van der Waals surface area contributed by atoms with Crippen molar-refractivity contribution in [1.82, 2.24) is 4.57 Å². The van der Waals surface area contributed by atoms with E-state index in [9.17, 15) is 18.0 Å². The van der Waals surface area contributed by atoms with E-state index in [1.165, 1.54) is 0 Å². The van der Waals surface area contributed by atoms with Gasteiger partial charge in [0.25, 0.3) is 0 Å². The van der Waals surface area contributed by atoms with Crippen LogP contribution in [0.5, 0.6) is 11.5 Å². The number of Topliss-reactive ketones (excluding diaryl/α,β-unsaturated/α-hetero) is 1. The monoisotopic (exact) mass is 419 g/mol. The second-order valence-electron chi connectivity index (χ2n) is 7.18. The summed E-state index contributed by atoms with van der Waals surface area (Å²) in [6.45, 7) is 5.74. The molecule has 2 aromatic rings. The van der Waals surface area contributed by atoms with Gasteiger partial charge in [0.1, 0.15) is 6.29 Å². The van der Waals surface area contributed by atoms with E-state index in [0.717, 1.165) is 17.7 Å². The zero-order valence-electron chi connectivity index (χ0n) is 16.8. The second-order valence-corrected chi connectivity index (χ2v) is 9.41. The van der Waals surface area contributed by atoms with Crippen LogP contribution in [0, 0.1) is 13.8 Å². The van der Waals surface area contributed by atoms with Crippen molar-refractivity contribution in [2.75, 3.05) is 24.7 Å². The third kappa shape index (κ3) is 4.53. The molecular weight excluding hydrogens is 394 g/mol. The van der Waals surface area contributed by atoms with E-state index in [1.807, 2.05) is 25.3 Å². The van der Waals surface area contributed by atoms with Gasteiger partial charge >= 0.3 is 0 Å². The summed E-state index contributed by atoms with van der Waals surface area (Å²) in [5, 5.41) is 0. The van der Waals surface area contributed by atoms with Gasteiger partial charge in [-0.3, -0.25) is 9.59 Å². The number of benzene rings is 1. The Morgan fingerprint density at radius 3 is 2.59 bits per heavy atom. The van der Waals surface area contributed by atoms with Crippen LogP contribution < -0.4 is 9.47 Å². The minimum atomic E-state index is -3.02. The number of aldehydes is 1. The molecule has 7 nitrogen and oxygen atoms in total. The van der Waals surface area contributed by atoms with Gasteiger partial charge in [0.2, 0.25) is 5.78 Å². The van der Waals surface area contributed by atoms with Crippen LogP contribution in [-0.4, -0.2) is 49.8 Å². The van der Waals surface area contributed by atoms with Gasteiger partial charge in [-0.25, -0.2) is 8.42 Å². The van der Waals surface area contributed by atoms with Crippen LogP contribution in [-0.2, 0) is 9.84 Å². The number of carbonyl (C=O) groups is 2. The smallest absolute Gasteiger partial charge is 0.202 e. The van der Waals surface area contributed by atoms with Gasteiger partial charge in [-0.15, -0.1) is 0 Å². The molecule has 0 bridgehead atoms. The molecule has 1 aliphatic heterocycles. The average Bonchev–Trinajstić information content (AvgIpc) is 3.18. The van der Waals surface area contributed by atoms with Crippen LogP contribution in [0.1, 0.15) is 51.5 Å². The fraction of sp³-hybridized carbons (Fsp3) is 0.429. The zero-order chi connectivity index (χ0) is 21.2. The van der Waals surface area contributed by atoms with Crippen molar-refractivity contribution in [1.29, 1.82) is 0 Å². The lowest BCUT2D eigenvalue weighted by Gasteiger charge is -2.16. The lowest BCUT2D eigenvalue weighted by Crippen LogP contribution is -2.16. The van der Waals surface area contributed by atoms with Crippen molar-refractivity contribution in [2.24, 2.45) is 0 Å². The molecule has 8 heteroatoms. The normalized spacial score (nSPS) is 17.8. The summed E-state index contributed by atoms with van der Waals surface area (Å²) < 4.78 is 36.8. The molecule has 0 unspecified atom stereocenters. The van der Waals surface area contributed by atoms with Crippen LogP contribution in [0.3, 0.4) is 0 Å². The summed E-state index contributed by atoms with van der Waals surface area (Å²) in [4.78, 5) is 23.7. The molecule has 3 rings (SSSR count). The first-order valence-corrected chi connectivity index (χ1v) is 11.3. The number of ether oxygens (including phenoxy) is 2. The molecular formula is C21H25NO6S. The maximum absolute atomic E-state index is 12.8. The Kier molecular flexibility index (Phi) is 6.12. The number of ketones is 1. The molecule has 1 aliphatic rings. The number of aryl methyl sites for hydroxylation is 1. The van der Waals surface area contributed by atoms with Gasteiger partial charge < -0.3 is 14.0 Å². The number of hydrogen-bond donors (Lipinski definition) is 0. The summed E-state index contributed by atoms with van der Waals surface area (Å²) in [7, 11) is -3.02. The third-order valence-corrected chi connectivity index (χ3v) is 6.87. The molecule has 1 aromatic heterocycles. The number of hydrogen-bond acceptors (Lipinski definition) is 6. The molecule has 1 saturated heterocycles.